The molecule has 78 valence electrons. The summed E-state index contributed by atoms with van der Waals surface area (Å²) in [6.45, 7) is 2.06. The molecule has 2 heterocycles. The molecule has 0 atom stereocenters. The summed E-state index contributed by atoms with van der Waals surface area (Å²) in [6, 6.07) is 0. The van der Waals surface area contributed by atoms with Gasteiger partial charge in [0.15, 0.2) is 0 Å². The molecular formula is C9H14N2O3. The van der Waals surface area contributed by atoms with Crippen molar-refractivity contribution in [2.45, 2.75) is 0 Å². The average molecular weight is 198 g/mol. The van der Waals surface area contributed by atoms with E-state index in [2.05, 4.69) is 4.74 Å². The van der Waals surface area contributed by atoms with Crippen molar-refractivity contribution in [2.75, 3.05) is 33.8 Å². The summed E-state index contributed by atoms with van der Waals surface area (Å²) in [5.41, 5.74) is 0. The molecule has 1 fully saturated rings. The Balaban J connectivity index is 0.000000140. The molecule has 2 amide bonds. The SMILES string of the molecule is CN1CC=CC1=O.CN1CCOC1=O. The Bertz CT molecular complexity index is 263. The van der Waals surface area contributed by atoms with Gasteiger partial charge in [0.25, 0.3) is 0 Å². The zero-order valence-corrected chi connectivity index (χ0v) is 8.40. The van der Waals surface area contributed by atoms with Gasteiger partial charge in [-0.15, -0.1) is 0 Å². The molecule has 14 heavy (non-hydrogen) atoms. The van der Waals surface area contributed by atoms with E-state index in [1.54, 1.807) is 30.0 Å². The van der Waals surface area contributed by atoms with Gasteiger partial charge in [-0.05, 0) is 0 Å². The van der Waals surface area contributed by atoms with E-state index in [0.717, 1.165) is 13.1 Å². The number of ether oxygens (including phenoxy) is 1. The molecule has 0 spiro atoms. The number of hydrogen-bond acceptors (Lipinski definition) is 3. The van der Waals surface area contributed by atoms with Gasteiger partial charge in [0, 0.05) is 26.7 Å². The Morgan fingerprint density at radius 3 is 2.14 bits per heavy atom. The Morgan fingerprint density at radius 2 is 2.00 bits per heavy atom. The summed E-state index contributed by atoms with van der Waals surface area (Å²) < 4.78 is 4.55. The second-order valence-electron chi connectivity index (χ2n) is 3.16. The number of carbonyl (C=O) groups is 2. The number of hydrogen-bond donors (Lipinski definition) is 0. The van der Waals surface area contributed by atoms with Crippen molar-refractivity contribution in [2.24, 2.45) is 0 Å². The first-order valence-electron chi connectivity index (χ1n) is 4.41. The molecule has 0 radical (unpaired) electrons. The highest BCUT2D eigenvalue weighted by molar-refractivity contribution is 5.89. The monoisotopic (exact) mass is 198 g/mol. The molecule has 0 N–H and O–H groups in total. The number of rotatable bonds is 0. The number of cyclic esters (lactones) is 1. The van der Waals surface area contributed by atoms with Crippen molar-refractivity contribution >= 4 is 12.0 Å². The lowest BCUT2D eigenvalue weighted by atomic mass is 10.6. The average Bonchev–Trinajstić information content (AvgIpc) is 2.67. The summed E-state index contributed by atoms with van der Waals surface area (Å²) in [5.74, 6) is 0.111. The topological polar surface area (TPSA) is 49.9 Å². The Hall–Kier alpha value is -1.52. The minimum absolute atomic E-state index is 0.111. The van der Waals surface area contributed by atoms with Crippen LogP contribution in [0.2, 0.25) is 0 Å². The van der Waals surface area contributed by atoms with E-state index in [1.165, 1.54) is 0 Å². The van der Waals surface area contributed by atoms with Gasteiger partial charge in [0.1, 0.15) is 6.61 Å². The smallest absolute Gasteiger partial charge is 0.409 e. The Morgan fingerprint density at radius 1 is 1.29 bits per heavy atom. The van der Waals surface area contributed by atoms with E-state index in [9.17, 15) is 9.59 Å². The van der Waals surface area contributed by atoms with Gasteiger partial charge in [-0.2, -0.15) is 0 Å². The zero-order chi connectivity index (χ0) is 10.6. The highest BCUT2D eigenvalue weighted by atomic mass is 16.6. The van der Waals surface area contributed by atoms with E-state index < -0.39 is 0 Å². The summed E-state index contributed by atoms with van der Waals surface area (Å²) >= 11 is 0. The van der Waals surface area contributed by atoms with Crippen LogP contribution in [0.3, 0.4) is 0 Å². The molecule has 2 rings (SSSR count). The predicted molar refractivity (Wildman–Crippen MR) is 50.8 cm³/mol. The molecule has 2 aliphatic rings. The van der Waals surface area contributed by atoms with Crippen LogP contribution in [-0.4, -0.2) is 55.6 Å². The van der Waals surface area contributed by atoms with E-state index in [0.29, 0.717) is 6.61 Å². The first-order valence-corrected chi connectivity index (χ1v) is 4.41. The summed E-state index contributed by atoms with van der Waals surface area (Å²) in [7, 11) is 3.50. The predicted octanol–water partition coefficient (Wildman–Crippen LogP) is 0.0830. The highest BCUT2D eigenvalue weighted by Gasteiger charge is 2.15. The first kappa shape index (κ1) is 10.6. The fourth-order valence-electron chi connectivity index (χ4n) is 1.00. The maximum atomic E-state index is 10.4. The number of nitrogens with zero attached hydrogens (tertiary/aromatic N) is 2. The van der Waals surface area contributed by atoms with Gasteiger partial charge in [0.05, 0.1) is 6.54 Å². The molecule has 5 heteroatoms. The summed E-state index contributed by atoms with van der Waals surface area (Å²) in [4.78, 5) is 23.9. The van der Waals surface area contributed by atoms with Crippen LogP contribution in [0.5, 0.6) is 0 Å². The maximum Gasteiger partial charge on any atom is 0.409 e. The lowest BCUT2D eigenvalue weighted by Crippen LogP contribution is -2.18. The van der Waals surface area contributed by atoms with Crippen LogP contribution in [0.25, 0.3) is 0 Å². The van der Waals surface area contributed by atoms with Crippen LogP contribution in [0.15, 0.2) is 12.2 Å². The number of carbonyl (C=O) groups excluding carboxylic acids is 2. The molecule has 0 unspecified atom stereocenters. The van der Waals surface area contributed by atoms with E-state index in [-0.39, 0.29) is 12.0 Å². The summed E-state index contributed by atoms with van der Waals surface area (Å²) in [5, 5.41) is 0. The van der Waals surface area contributed by atoms with Gasteiger partial charge in [-0.3, -0.25) is 4.79 Å². The van der Waals surface area contributed by atoms with Crippen LogP contribution in [-0.2, 0) is 9.53 Å². The Kier molecular flexibility index (Phi) is 3.50. The molecule has 0 bridgehead atoms. The molecule has 0 aromatic heterocycles. The van der Waals surface area contributed by atoms with Crippen LogP contribution < -0.4 is 0 Å². The largest absolute Gasteiger partial charge is 0.448 e. The van der Waals surface area contributed by atoms with Crippen molar-refractivity contribution in [3.05, 3.63) is 12.2 Å². The highest BCUT2D eigenvalue weighted by Crippen LogP contribution is 1.96. The molecule has 5 nitrogen and oxygen atoms in total. The van der Waals surface area contributed by atoms with E-state index >= 15 is 0 Å². The molecule has 0 aromatic rings. The lowest BCUT2D eigenvalue weighted by Gasteiger charge is -2.03. The van der Waals surface area contributed by atoms with Crippen LogP contribution in [0.1, 0.15) is 0 Å². The van der Waals surface area contributed by atoms with Gasteiger partial charge in [-0.1, -0.05) is 6.08 Å². The van der Waals surface area contributed by atoms with Gasteiger partial charge in [-0.25, -0.2) is 4.79 Å². The third-order valence-corrected chi connectivity index (χ3v) is 1.98. The van der Waals surface area contributed by atoms with Crippen LogP contribution >= 0.6 is 0 Å². The second-order valence-corrected chi connectivity index (χ2v) is 3.16. The van der Waals surface area contributed by atoms with Gasteiger partial charge < -0.3 is 14.5 Å². The van der Waals surface area contributed by atoms with Gasteiger partial charge >= 0.3 is 6.09 Å². The first-order chi connectivity index (χ1) is 6.61. The molecule has 0 aliphatic carbocycles. The van der Waals surface area contributed by atoms with Crippen molar-refractivity contribution in [3.8, 4) is 0 Å². The maximum absolute atomic E-state index is 10.4. The van der Waals surface area contributed by atoms with Crippen LogP contribution in [0.4, 0.5) is 4.79 Å². The second kappa shape index (κ2) is 4.64. The normalized spacial score (nSPS) is 19.6. The van der Waals surface area contributed by atoms with Crippen LogP contribution in [0, 0.1) is 0 Å². The number of amides is 2. The third kappa shape index (κ3) is 2.76. The molecule has 2 aliphatic heterocycles. The quantitative estimate of drug-likeness (QED) is 0.554. The minimum Gasteiger partial charge on any atom is -0.448 e. The molecule has 1 saturated heterocycles. The minimum atomic E-state index is -0.208. The Labute approximate surface area is 82.9 Å². The fraction of sp³-hybridized carbons (Fsp3) is 0.556. The molecular weight excluding hydrogens is 184 g/mol. The molecule has 0 saturated carbocycles. The third-order valence-electron chi connectivity index (χ3n) is 1.98. The van der Waals surface area contributed by atoms with E-state index in [4.69, 9.17) is 0 Å². The lowest BCUT2D eigenvalue weighted by molar-refractivity contribution is -0.123. The van der Waals surface area contributed by atoms with Gasteiger partial charge in [0.2, 0.25) is 5.91 Å². The number of likely N-dealkylation sites (N-methyl/N-ethyl adjacent to an activating group) is 2. The summed E-state index contributed by atoms with van der Waals surface area (Å²) in [6.07, 6.45) is 3.22. The van der Waals surface area contributed by atoms with Crippen molar-refractivity contribution in [1.29, 1.82) is 0 Å². The fourth-order valence-corrected chi connectivity index (χ4v) is 1.00. The zero-order valence-electron chi connectivity index (χ0n) is 8.40. The standard InChI is InChI=1S/C5H7NO.C4H7NO2/c1-6-4-2-3-5(6)7;1-5-2-3-7-4(5)6/h2-3H,4H2,1H3;2-3H2,1H3. The van der Waals surface area contributed by atoms with Crippen molar-refractivity contribution in [1.82, 2.24) is 9.80 Å². The van der Waals surface area contributed by atoms with Crippen molar-refractivity contribution < 1.29 is 14.3 Å². The van der Waals surface area contributed by atoms with E-state index in [1.807, 2.05) is 6.08 Å². The molecule has 0 aromatic carbocycles. The van der Waals surface area contributed by atoms with Crippen molar-refractivity contribution in [3.63, 3.8) is 0 Å².